The molecule has 0 amide bonds. The number of aliphatic hydroxyl groups is 9. The molecule has 10 N–H and O–H groups in total. The first-order valence-corrected chi connectivity index (χ1v) is 48.7. The normalized spacial score (nSPS) is 25.4. The number of carbonyl (C=O) groups excluding carboxylic acids is 4. The SMILES string of the molecule is CCCCCCCCCCCCCCCCCC(=O)OCC(COP(=O)(O)OC1C(OC2OC(CO)C(O)C(O)C2O)C(O)C(O)C(OC(=O)CCCCCCCCCCCCCCC)C1OC1OC(COC(=O)CCCCCCCCC(C)CCCCCCCC)C(O)C(O)C1O)OC(=O)CCCCCCCCCCCCCCC. The van der Waals surface area contributed by atoms with Gasteiger partial charge >= 0.3 is 31.7 Å². The van der Waals surface area contributed by atoms with Gasteiger partial charge in [0.05, 0.1) is 13.2 Å². The highest BCUT2D eigenvalue weighted by atomic mass is 31.2. The molecule has 0 spiro atoms. The van der Waals surface area contributed by atoms with Crippen LogP contribution in [0.1, 0.15) is 413 Å². The van der Waals surface area contributed by atoms with Crippen molar-refractivity contribution in [2.75, 3.05) is 26.4 Å². The molecule has 116 heavy (non-hydrogen) atoms. The molecule has 19 unspecified atom stereocenters. The average Bonchev–Trinajstić information content (AvgIpc) is 0.754. The van der Waals surface area contributed by atoms with Crippen LogP contribution in [0.2, 0.25) is 0 Å². The Bertz CT molecular complexity index is 2430. The molecule has 3 aliphatic rings. The quantitative estimate of drug-likeness (QED) is 0.0117. The molecule has 684 valence electrons. The maximum absolute atomic E-state index is 14.9. The summed E-state index contributed by atoms with van der Waals surface area (Å²) in [5, 5.41) is 102. The zero-order valence-electron chi connectivity index (χ0n) is 73.0. The lowest BCUT2D eigenvalue weighted by atomic mass is 9.84. The van der Waals surface area contributed by atoms with E-state index in [1.165, 1.54) is 193 Å². The van der Waals surface area contributed by atoms with Gasteiger partial charge in [0.25, 0.3) is 0 Å². The van der Waals surface area contributed by atoms with Crippen LogP contribution in [-0.4, -0.2) is 205 Å². The van der Waals surface area contributed by atoms with Gasteiger partial charge in [-0.3, -0.25) is 28.2 Å². The number of ether oxygens (including phenoxy) is 8. The van der Waals surface area contributed by atoms with E-state index in [1.54, 1.807) is 0 Å². The molecule has 0 aromatic rings. The minimum atomic E-state index is -5.80. The van der Waals surface area contributed by atoms with Crippen LogP contribution >= 0.6 is 7.82 Å². The molecule has 26 heteroatoms. The first-order valence-electron chi connectivity index (χ1n) is 47.2. The Labute approximate surface area is 699 Å². The molecule has 0 aromatic heterocycles. The third kappa shape index (κ3) is 49.1. The van der Waals surface area contributed by atoms with Gasteiger partial charge in [-0.05, 0) is 31.6 Å². The molecule has 25 nitrogen and oxygen atoms in total. The zero-order valence-corrected chi connectivity index (χ0v) is 73.9. The smallest absolute Gasteiger partial charge is 0.463 e. The predicted octanol–water partition coefficient (Wildman–Crippen LogP) is 17.2. The van der Waals surface area contributed by atoms with E-state index in [2.05, 4.69) is 34.6 Å². The molecule has 2 aliphatic heterocycles. The lowest BCUT2D eigenvalue weighted by molar-refractivity contribution is -0.360. The second kappa shape index (κ2) is 68.9. The molecule has 2 saturated heterocycles. The molecular weight excluding hydrogens is 1510 g/mol. The van der Waals surface area contributed by atoms with Gasteiger partial charge in [-0.25, -0.2) is 4.57 Å². The molecule has 0 bridgehead atoms. The summed E-state index contributed by atoms with van der Waals surface area (Å²) >= 11 is 0. The van der Waals surface area contributed by atoms with Crippen molar-refractivity contribution < 1.29 is 122 Å². The van der Waals surface area contributed by atoms with Gasteiger partial charge in [-0.2, -0.15) is 0 Å². The van der Waals surface area contributed by atoms with Crippen molar-refractivity contribution in [3.8, 4) is 0 Å². The summed E-state index contributed by atoms with van der Waals surface area (Å²) in [5.41, 5.74) is 0. The van der Waals surface area contributed by atoms with Crippen LogP contribution in [0.25, 0.3) is 0 Å². The lowest BCUT2D eigenvalue weighted by Crippen LogP contribution is -2.70. The lowest BCUT2D eigenvalue weighted by Gasteiger charge is -2.50. The number of aliphatic hydroxyl groups excluding tert-OH is 9. The predicted molar refractivity (Wildman–Crippen MR) is 449 cm³/mol. The Hall–Kier alpha value is -2.53. The van der Waals surface area contributed by atoms with E-state index in [0.717, 1.165) is 128 Å². The van der Waals surface area contributed by atoms with Crippen molar-refractivity contribution in [3.63, 3.8) is 0 Å². The van der Waals surface area contributed by atoms with E-state index in [4.69, 9.17) is 46.9 Å². The minimum absolute atomic E-state index is 0.0173. The largest absolute Gasteiger partial charge is 0.472 e. The minimum Gasteiger partial charge on any atom is -0.463 e. The standard InChI is InChI=1S/C90H169O25P/c1-6-10-14-18-22-25-28-31-32-35-36-39-42-49-55-61-73(92)106-66-70(109-75(94)63-57-51-43-40-37-33-29-26-23-19-15-11-7-2)67-108-116(104,105)115-88-86(113-89-83(102)79(98)77(96)71(65-91)110-89)82(101)81(100)85(112-76(95)64-58-52-44-41-38-34-30-27-24-20-16-12-8-3)87(88)114-90-84(103)80(99)78(97)72(111-90)68-107-74(93)62-56-50-46-45-48-54-60-69(5)59-53-47-21-17-13-9-4/h69-72,77-91,96-103H,6-68H2,1-5H3,(H,104,105). The summed E-state index contributed by atoms with van der Waals surface area (Å²) in [4.78, 5) is 66.4. The second-order valence-corrected chi connectivity index (χ2v) is 35.6. The molecule has 3 rings (SSSR count). The number of esters is 4. The van der Waals surface area contributed by atoms with Crippen LogP contribution < -0.4 is 0 Å². The summed E-state index contributed by atoms with van der Waals surface area (Å²) in [6.07, 6.45) is 23.9. The van der Waals surface area contributed by atoms with Crippen molar-refractivity contribution in [1.29, 1.82) is 0 Å². The number of unbranched alkanes of at least 4 members (excludes halogenated alkanes) is 48. The van der Waals surface area contributed by atoms with Crippen LogP contribution in [0, 0.1) is 5.92 Å². The van der Waals surface area contributed by atoms with Gasteiger partial charge < -0.3 is 88.7 Å². The van der Waals surface area contributed by atoms with Crippen molar-refractivity contribution in [2.24, 2.45) is 5.92 Å². The average molecular weight is 1680 g/mol. The molecule has 2 heterocycles. The van der Waals surface area contributed by atoms with Gasteiger partial charge in [0.15, 0.2) is 24.8 Å². The highest BCUT2D eigenvalue weighted by Crippen LogP contribution is 2.49. The molecule has 3 fully saturated rings. The number of rotatable bonds is 76. The first kappa shape index (κ1) is 108. The topological polar surface area (TPSA) is 380 Å². The van der Waals surface area contributed by atoms with Crippen LogP contribution in [0.15, 0.2) is 0 Å². The molecule has 1 saturated carbocycles. The molecule has 0 aromatic carbocycles. The van der Waals surface area contributed by atoms with Gasteiger partial charge in [0.2, 0.25) is 0 Å². The molecular formula is C90H169O25P. The Morgan fingerprint density at radius 2 is 0.647 bits per heavy atom. The van der Waals surface area contributed by atoms with E-state index >= 15 is 0 Å². The fraction of sp³-hybridized carbons (Fsp3) is 0.956. The molecule has 0 radical (unpaired) electrons. The van der Waals surface area contributed by atoms with Gasteiger partial charge in [0.1, 0.15) is 92.6 Å². The highest BCUT2D eigenvalue weighted by Gasteiger charge is 2.60. The highest BCUT2D eigenvalue weighted by molar-refractivity contribution is 7.47. The number of hydrogen-bond donors (Lipinski definition) is 10. The second-order valence-electron chi connectivity index (χ2n) is 34.2. The number of phosphoric ester groups is 1. The fourth-order valence-corrected chi connectivity index (χ4v) is 16.9. The van der Waals surface area contributed by atoms with Crippen molar-refractivity contribution in [1.82, 2.24) is 0 Å². The van der Waals surface area contributed by atoms with E-state index in [1.807, 2.05) is 0 Å². The maximum atomic E-state index is 14.9. The van der Waals surface area contributed by atoms with E-state index in [0.29, 0.717) is 38.0 Å². The van der Waals surface area contributed by atoms with Crippen LogP contribution in [0.4, 0.5) is 0 Å². The summed E-state index contributed by atoms with van der Waals surface area (Å²) in [6.45, 7) is 7.94. The molecule has 19 atom stereocenters. The zero-order chi connectivity index (χ0) is 84.8. The summed E-state index contributed by atoms with van der Waals surface area (Å²) in [6, 6.07) is 0. The summed E-state index contributed by atoms with van der Waals surface area (Å²) in [5.74, 6) is -2.26. The first-order chi connectivity index (χ1) is 56.1. The van der Waals surface area contributed by atoms with E-state index < -0.39 is 162 Å². The van der Waals surface area contributed by atoms with Crippen molar-refractivity contribution in [2.45, 2.75) is 518 Å². The number of phosphoric acid groups is 1. The Morgan fingerprint density at radius 3 is 1.03 bits per heavy atom. The Morgan fingerprint density at radius 1 is 0.336 bits per heavy atom. The van der Waals surface area contributed by atoms with E-state index in [-0.39, 0.29) is 25.7 Å². The van der Waals surface area contributed by atoms with Crippen molar-refractivity contribution >= 4 is 31.7 Å². The Kier molecular flexibility index (Phi) is 63.9. The number of hydrogen-bond acceptors (Lipinski definition) is 24. The third-order valence-corrected chi connectivity index (χ3v) is 24.5. The maximum Gasteiger partial charge on any atom is 0.472 e. The van der Waals surface area contributed by atoms with Crippen LogP contribution in [0.5, 0.6) is 0 Å². The molecule has 1 aliphatic carbocycles. The Balaban J connectivity index is 1.91. The summed E-state index contributed by atoms with van der Waals surface area (Å²) < 4.78 is 73.4. The third-order valence-electron chi connectivity index (χ3n) is 23.5. The summed E-state index contributed by atoms with van der Waals surface area (Å²) in [7, 11) is -5.80. The van der Waals surface area contributed by atoms with Gasteiger partial charge in [0, 0.05) is 25.7 Å². The van der Waals surface area contributed by atoms with Crippen LogP contribution in [-0.2, 0) is 70.7 Å². The van der Waals surface area contributed by atoms with Crippen LogP contribution in [0.3, 0.4) is 0 Å². The van der Waals surface area contributed by atoms with Gasteiger partial charge in [-0.1, -0.05) is 362 Å². The van der Waals surface area contributed by atoms with Crippen molar-refractivity contribution in [3.05, 3.63) is 0 Å². The number of carbonyl (C=O) groups is 4. The van der Waals surface area contributed by atoms with E-state index in [9.17, 15) is 74.6 Å². The monoisotopic (exact) mass is 1680 g/mol. The fourth-order valence-electron chi connectivity index (χ4n) is 15.9. The van der Waals surface area contributed by atoms with Gasteiger partial charge in [-0.15, -0.1) is 0 Å².